The molecular formula is C17H24N2O2. The summed E-state index contributed by atoms with van der Waals surface area (Å²) in [7, 11) is 1.85. The van der Waals surface area contributed by atoms with E-state index < -0.39 is 0 Å². The quantitative estimate of drug-likeness (QED) is 0.870. The minimum Gasteiger partial charge on any atom is -0.391 e. The van der Waals surface area contributed by atoms with Crippen molar-refractivity contribution < 1.29 is 9.90 Å². The number of carbonyl (C=O) groups is 1. The van der Waals surface area contributed by atoms with Crippen LogP contribution in [-0.4, -0.2) is 41.7 Å². The topological polar surface area (TPSA) is 52.6 Å². The smallest absolute Gasteiger partial charge is 0.231 e. The normalized spacial score (nSPS) is 28.8. The van der Waals surface area contributed by atoms with Gasteiger partial charge >= 0.3 is 0 Å². The number of likely N-dealkylation sites (N-methyl/N-ethyl adjacent to an activating group) is 1. The fourth-order valence-corrected chi connectivity index (χ4v) is 3.67. The van der Waals surface area contributed by atoms with Crippen LogP contribution in [0, 0.1) is 0 Å². The lowest BCUT2D eigenvalue weighted by Gasteiger charge is -2.38. The van der Waals surface area contributed by atoms with E-state index in [-0.39, 0.29) is 24.0 Å². The largest absolute Gasteiger partial charge is 0.391 e. The molecule has 4 heteroatoms. The second-order valence-corrected chi connectivity index (χ2v) is 6.25. The number of fused-ring (bicyclic) bond motifs is 1. The van der Waals surface area contributed by atoms with Gasteiger partial charge in [0.1, 0.15) is 0 Å². The van der Waals surface area contributed by atoms with Crippen molar-refractivity contribution in [3.8, 4) is 0 Å². The first-order valence-electron chi connectivity index (χ1n) is 7.91. The fraction of sp³-hybridized carbons (Fsp3) is 0.588. The summed E-state index contributed by atoms with van der Waals surface area (Å²) in [5.41, 5.74) is 2.35. The molecule has 1 fully saturated rings. The summed E-state index contributed by atoms with van der Waals surface area (Å²) >= 11 is 0. The summed E-state index contributed by atoms with van der Waals surface area (Å²) in [6, 6.07) is 8.13. The van der Waals surface area contributed by atoms with Gasteiger partial charge in [-0.3, -0.25) is 4.79 Å². The van der Waals surface area contributed by atoms with Crippen molar-refractivity contribution in [3.63, 3.8) is 0 Å². The average molecular weight is 288 g/mol. The number of amides is 1. The summed E-state index contributed by atoms with van der Waals surface area (Å²) < 4.78 is 0. The molecule has 4 nitrogen and oxygen atoms in total. The maximum Gasteiger partial charge on any atom is 0.231 e. The van der Waals surface area contributed by atoms with Gasteiger partial charge in [0.2, 0.25) is 5.91 Å². The highest BCUT2D eigenvalue weighted by Crippen LogP contribution is 2.29. The van der Waals surface area contributed by atoms with Crippen LogP contribution < -0.4 is 5.32 Å². The first-order chi connectivity index (χ1) is 10.2. The van der Waals surface area contributed by atoms with Gasteiger partial charge in [0, 0.05) is 20.1 Å². The average Bonchev–Trinajstić information content (AvgIpc) is 2.53. The van der Waals surface area contributed by atoms with E-state index in [0.717, 1.165) is 37.8 Å². The molecule has 3 atom stereocenters. The van der Waals surface area contributed by atoms with Crippen molar-refractivity contribution in [3.05, 3.63) is 35.4 Å². The Labute approximate surface area is 126 Å². The van der Waals surface area contributed by atoms with Crippen LogP contribution in [0.25, 0.3) is 0 Å². The van der Waals surface area contributed by atoms with E-state index in [1.54, 1.807) is 4.90 Å². The van der Waals surface area contributed by atoms with Gasteiger partial charge in [-0.2, -0.15) is 0 Å². The van der Waals surface area contributed by atoms with Crippen molar-refractivity contribution in [1.29, 1.82) is 0 Å². The van der Waals surface area contributed by atoms with Crippen molar-refractivity contribution in [2.45, 2.75) is 50.3 Å². The predicted molar refractivity (Wildman–Crippen MR) is 81.9 cm³/mol. The molecule has 2 aliphatic rings. The van der Waals surface area contributed by atoms with Gasteiger partial charge in [-0.25, -0.2) is 0 Å². The third-order valence-corrected chi connectivity index (χ3v) is 4.93. The summed E-state index contributed by atoms with van der Waals surface area (Å²) in [6.07, 6.45) is 3.50. The van der Waals surface area contributed by atoms with Crippen LogP contribution in [-0.2, 0) is 11.3 Å². The molecule has 2 N–H and O–H groups in total. The highest BCUT2D eigenvalue weighted by molar-refractivity contribution is 5.85. The molecule has 0 saturated heterocycles. The second kappa shape index (κ2) is 6.16. The van der Waals surface area contributed by atoms with Gasteiger partial charge in [-0.1, -0.05) is 37.1 Å². The van der Waals surface area contributed by atoms with Crippen molar-refractivity contribution >= 4 is 5.91 Å². The first-order valence-corrected chi connectivity index (χ1v) is 7.91. The van der Waals surface area contributed by atoms with E-state index in [1.807, 2.05) is 19.2 Å². The number of aliphatic hydroxyl groups excluding tert-OH is 1. The van der Waals surface area contributed by atoms with Crippen molar-refractivity contribution in [2.75, 3.05) is 13.6 Å². The molecule has 1 amide bonds. The molecule has 0 bridgehead atoms. The van der Waals surface area contributed by atoms with Gasteiger partial charge in [0.25, 0.3) is 0 Å². The predicted octanol–water partition coefficient (Wildman–Crippen LogP) is 1.64. The third-order valence-electron chi connectivity index (χ3n) is 4.93. The van der Waals surface area contributed by atoms with Crippen LogP contribution in [0.2, 0.25) is 0 Å². The second-order valence-electron chi connectivity index (χ2n) is 6.25. The molecule has 21 heavy (non-hydrogen) atoms. The number of nitrogens with zero attached hydrogens (tertiary/aromatic N) is 1. The summed E-state index contributed by atoms with van der Waals surface area (Å²) in [6.45, 7) is 1.51. The van der Waals surface area contributed by atoms with E-state index in [2.05, 4.69) is 17.4 Å². The van der Waals surface area contributed by atoms with Gasteiger partial charge in [-0.05, 0) is 24.0 Å². The summed E-state index contributed by atoms with van der Waals surface area (Å²) in [5, 5.41) is 13.5. The molecule has 114 valence electrons. The zero-order valence-electron chi connectivity index (χ0n) is 12.6. The van der Waals surface area contributed by atoms with Gasteiger partial charge in [0.05, 0.1) is 18.1 Å². The molecule has 3 rings (SSSR count). The zero-order chi connectivity index (χ0) is 14.8. The SMILES string of the molecule is CN(C(=O)C1CNCc2ccccc21)C1CCCCC1O. The molecule has 1 aliphatic heterocycles. The maximum absolute atomic E-state index is 12.9. The Morgan fingerprint density at radius 3 is 2.86 bits per heavy atom. The van der Waals surface area contributed by atoms with Crippen LogP contribution >= 0.6 is 0 Å². The lowest BCUT2D eigenvalue weighted by atomic mass is 9.87. The lowest BCUT2D eigenvalue weighted by molar-refractivity contribution is -0.137. The molecule has 1 aromatic rings. The van der Waals surface area contributed by atoms with Crippen LogP contribution in [0.3, 0.4) is 0 Å². The molecule has 0 radical (unpaired) electrons. The monoisotopic (exact) mass is 288 g/mol. The van der Waals surface area contributed by atoms with Crippen LogP contribution in [0.4, 0.5) is 0 Å². The first kappa shape index (κ1) is 14.5. The Morgan fingerprint density at radius 1 is 1.29 bits per heavy atom. The highest BCUT2D eigenvalue weighted by Gasteiger charge is 2.34. The van der Waals surface area contributed by atoms with Crippen molar-refractivity contribution in [2.24, 2.45) is 0 Å². The van der Waals surface area contributed by atoms with E-state index in [9.17, 15) is 9.90 Å². The number of rotatable bonds is 2. The Bertz CT molecular complexity index is 517. The molecule has 1 heterocycles. The molecule has 3 unspecified atom stereocenters. The number of hydrogen-bond acceptors (Lipinski definition) is 3. The zero-order valence-corrected chi connectivity index (χ0v) is 12.6. The number of nitrogens with one attached hydrogen (secondary N) is 1. The Kier molecular flexibility index (Phi) is 4.27. The minimum atomic E-state index is -0.375. The van der Waals surface area contributed by atoms with Gasteiger partial charge in [-0.15, -0.1) is 0 Å². The van der Waals surface area contributed by atoms with E-state index in [1.165, 1.54) is 5.56 Å². The highest BCUT2D eigenvalue weighted by atomic mass is 16.3. The molecule has 0 spiro atoms. The summed E-state index contributed by atoms with van der Waals surface area (Å²) in [5.74, 6) is -0.00493. The number of carbonyl (C=O) groups excluding carboxylic acids is 1. The standard InChI is InChI=1S/C17H24N2O2/c1-19(15-8-4-5-9-16(15)20)17(21)14-11-18-10-12-6-2-3-7-13(12)14/h2-3,6-7,14-16,18,20H,4-5,8-11H2,1H3. The number of benzene rings is 1. The molecule has 1 saturated carbocycles. The third kappa shape index (κ3) is 2.83. The van der Waals surface area contributed by atoms with Crippen LogP contribution in [0.15, 0.2) is 24.3 Å². The number of hydrogen-bond donors (Lipinski definition) is 2. The summed E-state index contributed by atoms with van der Waals surface area (Å²) in [4.78, 5) is 14.7. The van der Waals surface area contributed by atoms with E-state index in [4.69, 9.17) is 0 Å². The molecular weight excluding hydrogens is 264 g/mol. The number of aliphatic hydroxyl groups is 1. The van der Waals surface area contributed by atoms with E-state index in [0.29, 0.717) is 6.54 Å². The maximum atomic E-state index is 12.9. The van der Waals surface area contributed by atoms with Gasteiger partial charge in [0.15, 0.2) is 0 Å². The Morgan fingerprint density at radius 2 is 2.05 bits per heavy atom. The Balaban J connectivity index is 1.79. The Hall–Kier alpha value is -1.39. The molecule has 1 aromatic carbocycles. The molecule has 1 aliphatic carbocycles. The minimum absolute atomic E-state index is 0.0275. The van der Waals surface area contributed by atoms with E-state index >= 15 is 0 Å². The van der Waals surface area contributed by atoms with Crippen LogP contribution in [0.1, 0.15) is 42.7 Å². The van der Waals surface area contributed by atoms with Crippen LogP contribution in [0.5, 0.6) is 0 Å². The van der Waals surface area contributed by atoms with Gasteiger partial charge < -0.3 is 15.3 Å². The molecule has 0 aromatic heterocycles. The lowest BCUT2D eigenvalue weighted by Crippen LogP contribution is -2.49. The van der Waals surface area contributed by atoms with Crippen molar-refractivity contribution in [1.82, 2.24) is 10.2 Å². The fourth-order valence-electron chi connectivity index (χ4n) is 3.67.